The zero-order valence-electron chi connectivity index (χ0n) is 16.5. The molecule has 2 N–H and O–H groups in total. The van der Waals surface area contributed by atoms with Gasteiger partial charge in [-0.3, -0.25) is 9.97 Å². The summed E-state index contributed by atoms with van der Waals surface area (Å²) in [6.45, 7) is 0. The molecule has 6 rings (SSSR count). The number of carboxylic acids is 2. The molecule has 2 aliphatic rings. The molecule has 0 saturated heterocycles. The molecule has 4 aromatic rings. The van der Waals surface area contributed by atoms with Crippen molar-refractivity contribution in [3.05, 3.63) is 82.2 Å². The molecule has 31 heavy (non-hydrogen) atoms. The molecular formula is C25H18N2O4. The van der Waals surface area contributed by atoms with Crippen LogP contribution >= 0.6 is 0 Å². The van der Waals surface area contributed by atoms with E-state index in [4.69, 9.17) is 9.97 Å². The first-order valence-electron chi connectivity index (χ1n) is 10.3. The van der Waals surface area contributed by atoms with Crippen molar-refractivity contribution in [2.24, 2.45) is 0 Å². The van der Waals surface area contributed by atoms with Gasteiger partial charge >= 0.3 is 11.9 Å². The Morgan fingerprint density at radius 3 is 1.55 bits per heavy atom. The van der Waals surface area contributed by atoms with Crippen LogP contribution in [0.15, 0.2) is 48.5 Å². The second-order valence-corrected chi connectivity index (χ2v) is 8.38. The van der Waals surface area contributed by atoms with Crippen molar-refractivity contribution in [1.82, 2.24) is 9.97 Å². The molecule has 2 atom stereocenters. The van der Waals surface area contributed by atoms with Gasteiger partial charge in [0.2, 0.25) is 0 Å². The third-order valence-electron chi connectivity index (χ3n) is 6.72. The maximum Gasteiger partial charge on any atom is 0.336 e. The number of carbonyl (C=O) groups is 2. The van der Waals surface area contributed by atoms with Crippen molar-refractivity contribution < 1.29 is 19.8 Å². The van der Waals surface area contributed by atoms with E-state index < -0.39 is 11.9 Å². The summed E-state index contributed by atoms with van der Waals surface area (Å²) in [5.74, 6) is -1.95. The van der Waals surface area contributed by atoms with Gasteiger partial charge in [0.15, 0.2) is 0 Å². The lowest BCUT2D eigenvalue weighted by Crippen LogP contribution is -2.30. The van der Waals surface area contributed by atoms with Gasteiger partial charge in [-0.2, -0.15) is 0 Å². The van der Waals surface area contributed by atoms with Crippen LogP contribution in [-0.4, -0.2) is 32.1 Å². The van der Waals surface area contributed by atoms with Crippen molar-refractivity contribution in [2.75, 3.05) is 0 Å². The Bertz CT molecular complexity index is 1330. The van der Waals surface area contributed by atoms with Gasteiger partial charge < -0.3 is 10.2 Å². The molecule has 2 heterocycles. The molecule has 6 nitrogen and oxygen atoms in total. The third-order valence-corrected chi connectivity index (χ3v) is 6.72. The largest absolute Gasteiger partial charge is 0.478 e. The summed E-state index contributed by atoms with van der Waals surface area (Å²) in [6, 6.07) is 14.6. The van der Waals surface area contributed by atoms with E-state index in [0.717, 1.165) is 28.9 Å². The Labute approximate surface area is 177 Å². The molecule has 0 aliphatic heterocycles. The second-order valence-electron chi connectivity index (χ2n) is 8.38. The normalized spacial score (nSPS) is 19.1. The summed E-state index contributed by atoms with van der Waals surface area (Å²) in [4.78, 5) is 34.2. The number of fused-ring (bicyclic) bond motifs is 8. The number of aromatic carboxylic acids is 2. The molecule has 2 bridgehead atoms. The van der Waals surface area contributed by atoms with Gasteiger partial charge in [-0.15, -0.1) is 0 Å². The van der Waals surface area contributed by atoms with E-state index in [1.54, 1.807) is 12.1 Å². The van der Waals surface area contributed by atoms with E-state index in [9.17, 15) is 19.8 Å². The lowest BCUT2D eigenvalue weighted by molar-refractivity contribution is 0.0687. The van der Waals surface area contributed by atoms with E-state index in [-0.39, 0.29) is 11.8 Å². The van der Waals surface area contributed by atoms with Gasteiger partial charge in [0.05, 0.1) is 22.2 Å². The van der Waals surface area contributed by atoms with E-state index in [1.807, 2.05) is 36.4 Å². The summed E-state index contributed by atoms with van der Waals surface area (Å²) in [6.07, 6.45) is 1.81. The molecule has 0 amide bonds. The summed E-state index contributed by atoms with van der Waals surface area (Å²) in [5.41, 5.74) is 5.09. The minimum Gasteiger partial charge on any atom is -0.478 e. The maximum atomic E-state index is 12.2. The number of carboxylic acid groups (broad SMARTS) is 2. The fourth-order valence-corrected chi connectivity index (χ4v) is 5.54. The van der Waals surface area contributed by atoms with Crippen molar-refractivity contribution >= 4 is 33.7 Å². The van der Waals surface area contributed by atoms with Gasteiger partial charge in [0.25, 0.3) is 0 Å². The Morgan fingerprint density at radius 2 is 1.13 bits per heavy atom. The van der Waals surface area contributed by atoms with Crippen molar-refractivity contribution in [1.29, 1.82) is 0 Å². The lowest BCUT2D eigenvalue weighted by atomic mass is 9.68. The predicted octanol–water partition coefficient (Wildman–Crippen LogP) is 4.55. The monoisotopic (exact) mass is 410 g/mol. The minimum atomic E-state index is -0.951. The van der Waals surface area contributed by atoms with Gasteiger partial charge in [-0.1, -0.05) is 36.4 Å². The number of hydrogen-bond donors (Lipinski definition) is 2. The summed E-state index contributed by atoms with van der Waals surface area (Å²) < 4.78 is 0. The molecule has 6 heteroatoms. The number of rotatable bonds is 2. The topological polar surface area (TPSA) is 100 Å². The smallest absolute Gasteiger partial charge is 0.336 e. The fraction of sp³-hybridized carbons (Fsp3) is 0.200. The molecule has 0 radical (unpaired) electrons. The van der Waals surface area contributed by atoms with E-state index in [1.165, 1.54) is 0 Å². The number of benzene rings is 2. The SMILES string of the molecule is O=C(O)c1c2c(nc3ccccc13)[C@@H]1Cc3c(nc4ccccc4c3C(=O)O)[C@H](C2)C1. The van der Waals surface area contributed by atoms with Crippen molar-refractivity contribution in [2.45, 2.75) is 31.1 Å². The zero-order chi connectivity index (χ0) is 21.3. The standard InChI is InChI=1S/C25H18N2O4/c28-24(29)20-14-5-1-3-7-18(14)26-22-13-9-12(10-16(20)22)23-17(11-13)21(25(30)31)15-6-2-4-8-19(15)27-23/h1-8,12-13H,9-11H2,(H,28,29)(H,30,31)/t12-,13-/m0/s1. The summed E-state index contributed by atoms with van der Waals surface area (Å²) in [7, 11) is 0. The van der Waals surface area contributed by atoms with Crippen molar-refractivity contribution in [3.63, 3.8) is 0 Å². The number of aromatic nitrogens is 2. The Hall–Kier alpha value is -3.80. The average molecular weight is 410 g/mol. The van der Waals surface area contributed by atoms with Crippen LogP contribution < -0.4 is 0 Å². The molecule has 0 unspecified atom stereocenters. The summed E-state index contributed by atoms with van der Waals surface area (Å²) in [5, 5.41) is 21.4. The first-order chi connectivity index (χ1) is 15.0. The highest BCUT2D eigenvalue weighted by Gasteiger charge is 2.40. The maximum absolute atomic E-state index is 12.2. The molecule has 2 aromatic carbocycles. The van der Waals surface area contributed by atoms with Gasteiger partial charge in [-0.25, -0.2) is 9.59 Å². The molecule has 0 saturated carbocycles. The predicted molar refractivity (Wildman–Crippen MR) is 115 cm³/mol. The molecule has 0 spiro atoms. The van der Waals surface area contributed by atoms with Crippen LogP contribution in [0.2, 0.25) is 0 Å². The number of pyridine rings is 2. The van der Waals surface area contributed by atoms with Crippen LogP contribution in [0.3, 0.4) is 0 Å². The third kappa shape index (κ3) is 2.51. The van der Waals surface area contributed by atoms with Gasteiger partial charge in [0.1, 0.15) is 0 Å². The second kappa shape index (κ2) is 6.35. The van der Waals surface area contributed by atoms with Gasteiger partial charge in [-0.05, 0) is 42.5 Å². The van der Waals surface area contributed by atoms with E-state index in [2.05, 4.69) is 0 Å². The lowest BCUT2D eigenvalue weighted by Gasteiger charge is -2.38. The molecule has 2 aromatic heterocycles. The fourth-order valence-electron chi connectivity index (χ4n) is 5.54. The van der Waals surface area contributed by atoms with E-state index in [0.29, 0.717) is 45.8 Å². The summed E-state index contributed by atoms with van der Waals surface area (Å²) >= 11 is 0. The molecular weight excluding hydrogens is 392 g/mol. The Morgan fingerprint density at radius 1 is 0.710 bits per heavy atom. The number of nitrogens with zero attached hydrogens (tertiary/aromatic N) is 2. The van der Waals surface area contributed by atoms with Crippen LogP contribution in [0.4, 0.5) is 0 Å². The number of hydrogen-bond acceptors (Lipinski definition) is 4. The van der Waals surface area contributed by atoms with Crippen LogP contribution in [0.1, 0.15) is 61.5 Å². The minimum absolute atomic E-state index is 0.0231. The molecule has 2 aliphatic carbocycles. The molecule has 152 valence electrons. The van der Waals surface area contributed by atoms with Crippen LogP contribution in [0.25, 0.3) is 21.8 Å². The first-order valence-corrected chi connectivity index (χ1v) is 10.3. The Kier molecular flexibility index (Phi) is 3.69. The quantitative estimate of drug-likeness (QED) is 0.503. The van der Waals surface area contributed by atoms with Crippen LogP contribution in [-0.2, 0) is 12.8 Å². The van der Waals surface area contributed by atoms with Crippen LogP contribution in [0.5, 0.6) is 0 Å². The molecule has 0 fully saturated rings. The zero-order valence-corrected chi connectivity index (χ0v) is 16.5. The van der Waals surface area contributed by atoms with Gasteiger partial charge in [0, 0.05) is 34.0 Å². The van der Waals surface area contributed by atoms with E-state index >= 15 is 0 Å². The van der Waals surface area contributed by atoms with Crippen LogP contribution in [0, 0.1) is 0 Å². The average Bonchev–Trinajstić information content (AvgIpc) is 2.76. The Balaban J connectivity index is 1.62. The number of para-hydroxylation sites is 2. The highest BCUT2D eigenvalue weighted by Crippen LogP contribution is 2.49. The van der Waals surface area contributed by atoms with Crippen molar-refractivity contribution in [3.8, 4) is 0 Å². The highest BCUT2D eigenvalue weighted by molar-refractivity contribution is 6.05. The highest BCUT2D eigenvalue weighted by atomic mass is 16.4. The first kappa shape index (κ1) is 18.0.